The average molecular weight is 310 g/mol. The minimum absolute atomic E-state index is 0.152. The molecule has 4 nitrogen and oxygen atoms in total. The second kappa shape index (κ2) is 6.72. The zero-order valence-corrected chi connectivity index (χ0v) is 12.7. The number of aryl methyl sites for hydroxylation is 1. The van der Waals surface area contributed by atoms with Crippen molar-refractivity contribution in [2.75, 3.05) is 5.73 Å². The van der Waals surface area contributed by atoms with Crippen LogP contribution in [0.2, 0.25) is 4.34 Å². The van der Waals surface area contributed by atoms with Crippen LogP contribution in [0.1, 0.15) is 34.3 Å². The summed E-state index contributed by atoms with van der Waals surface area (Å²) >= 11 is 7.30. The molecular formula is C14H16ClN3OS. The molecule has 2 aromatic rings. The minimum atomic E-state index is -0.152. The Balaban J connectivity index is 2.04. The number of thiophene rings is 1. The van der Waals surface area contributed by atoms with Gasteiger partial charge in [-0.3, -0.25) is 4.79 Å². The molecule has 0 fully saturated rings. The van der Waals surface area contributed by atoms with Crippen LogP contribution in [-0.2, 0) is 13.0 Å². The van der Waals surface area contributed by atoms with Crippen LogP contribution in [0, 0.1) is 0 Å². The largest absolute Gasteiger partial charge is 0.384 e. The van der Waals surface area contributed by atoms with Crippen molar-refractivity contribution in [3.63, 3.8) is 0 Å². The molecule has 0 unspecified atom stereocenters. The number of rotatable bonds is 5. The molecule has 0 aromatic carbocycles. The first-order chi connectivity index (χ1) is 9.58. The molecule has 6 heteroatoms. The predicted molar refractivity (Wildman–Crippen MR) is 83.1 cm³/mol. The molecule has 0 aliphatic carbocycles. The number of nitrogen functional groups attached to an aromatic ring is 1. The first kappa shape index (κ1) is 14.8. The third-order valence-corrected chi connectivity index (χ3v) is 3.95. The molecule has 2 aromatic heterocycles. The van der Waals surface area contributed by atoms with Gasteiger partial charge in [-0.25, -0.2) is 4.98 Å². The number of carbonyl (C=O) groups is 1. The molecule has 2 rings (SSSR count). The SMILES string of the molecule is CCCc1cc(C(=O)NCc2ccc(Cl)s2)cc(N)n1. The van der Waals surface area contributed by atoms with Crippen molar-refractivity contribution in [3.05, 3.63) is 44.7 Å². The van der Waals surface area contributed by atoms with Gasteiger partial charge in [0.15, 0.2) is 0 Å². The van der Waals surface area contributed by atoms with Crippen LogP contribution in [0.4, 0.5) is 5.82 Å². The highest BCUT2D eigenvalue weighted by Gasteiger charge is 2.09. The third kappa shape index (κ3) is 3.95. The van der Waals surface area contributed by atoms with E-state index in [-0.39, 0.29) is 5.91 Å². The highest BCUT2D eigenvalue weighted by molar-refractivity contribution is 7.16. The summed E-state index contributed by atoms with van der Waals surface area (Å²) in [5.74, 6) is 0.223. The lowest BCUT2D eigenvalue weighted by molar-refractivity contribution is 0.0951. The average Bonchev–Trinajstić information content (AvgIpc) is 2.81. The monoisotopic (exact) mass is 309 g/mol. The van der Waals surface area contributed by atoms with E-state index in [9.17, 15) is 4.79 Å². The standard InChI is InChI=1S/C14H16ClN3OS/c1-2-3-10-6-9(7-13(16)18-10)14(19)17-8-11-4-5-12(15)20-11/h4-7H,2-3,8H2,1H3,(H2,16,18)(H,17,19). The molecule has 0 spiro atoms. The fourth-order valence-corrected chi connectivity index (χ4v) is 2.87. The van der Waals surface area contributed by atoms with Crippen molar-refractivity contribution in [2.45, 2.75) is 26.3 Å². The molecule has 1 amide bonds. The van der Waals surface area contributed by atoms with Crippen molar-refractivity contribution in [1.29, 1.82) is 0 Å². The molecule has 106 valence electrons. The first-order valence-corrected chi connectivity index (χ1v) is 7.56. The molecule has 0 bridgehead atoms. The molecular weight excluding hydrogens is 294 g/mol. The van der Waals surface area contributed by atoms with Crippen LogP contribution < -0.4 is 11.1 Å². The first-order valence-electron chi connectivity index (χ1n) is 6.37. The third-order valence-electron chi connectivity index (χ3n) is 2.72. The molecule has 20 heavy (non-hydrogen) atoms. The maximum Gasteiger partial charge on any atom is 0.251 e. The zero-order chi connectivity index (χ0) is 14.5. The number of halogens is 1. The summed E-state index contributed by atoms with van der Waals surface area (Å²) in [6.07, 6.45) is 1.77. The number of nitrogens with zero attached hydrogens (tertiary/aromatic N) is 1. The van der Waals surface area contributed by atoms with Crippen LogP contribution in [0.25, 0.3) is 0 Å². The smallest absolute Gasteiger partial charge is 0.251 e. The molecule has 0 saturated heterocycles. The normalized spacial score (nSPS) is 10.5. The summed E-state index contributed by atoms with van der Waals surface area (Å²) in [5, 5.41) is 2.85. The Hall–Kier alpha value is -1.59. The Morgan fingerprint density at radius 2 is 2.25 bits per heavy atom. The summed E-state index contributed by atoms with van der Waals surface area (Å²) < 4.78 is 0.715. The Bertz CT molecular complexity index is 612. The highest BCUT2D eigenvalue weighted by Crippen LogP contribution is 2.21. The van der Waals surface area contributed by atoms with Crippen LogP contribution >= 0.6 is 22.9 Å². The summed E-state index contributed by atoms with van der Waals surface area (Å²) in [6.45, 7) is 2.52. The van der Waals surface area contributed by atoms with Crippen LogP contribution in [0.5, 0.6) is 0 Å². The summed E-state index contributed by atoms with van der Waals surface area (Å²) in [6, 6.07) is 7.10. The van der Waals surface area contributed by atoms with Gasteiger partial charge in [0, 0.05) is 16.1 Å². The van der Waals surface area contributed by atoms with Gasteiger partial charge in [-0.15, -0.1) is 11.3 Å². The van der Waals surface area contributed by atoms with E-state index in [1.54, 1.807) is 12.1 Å². The quantitative estimate of drug-likeness (QED) is 0.890. The second-order valence-electron chi connectivity index (χ2n) is 4.41. The van der Waals surface area contributed by atoms with Gasteiger partial charge in [-0.1, -0.05) is 24.9 Å². The maximum absolute atomic E-state index is 12.1. The number of carbonyl (C=O) groups excluding carboxylic acids is 1. The fraction of sp³-hybridized carbons (Fsp3) is 0.286. The van der Waals surface area contributed by atoms with Crippen molar-refractivity contribution >= 4 is 34.7 Å². The molecule has 2 heterocycles. The summed E-state index contributed by atoms with van der Waals surface area (Å²) in [4.78, 5) is 17.3. The molecule has 0 atom stereocenters. The Morgan fingerprint density at radius 3 is 2.90 bits per heavy atom. The van der Waals surface area contributed by atoms with E-state index in [0.29, 0.717) is 22.3 Å². The number of amides is 1. The number of pyridine rings is 1. The van der Waals surface area contributed by atoms with Crippen LogP contribution in [-0.4, -0.2) is 10.9 Å². The van der Waals surface area contributed by atoms with Gasteiger partial charge in [0.1, 0.15) is 5.82 Å². The fourth-order valence-electron chi connectivity index (χ4n) is 1.84. The van der Waals surface area contributed by atoms with E-state index in [1.807, 2.05) is 12.1 Å². The Morgan fingerprint density at radius 1 is 1.45 bits per heavy atom. The zero-order valence-electron chi connectivity index (χ0n) is 11.1. The van der Waals surface area contributed by atoms with E-state index < -0.39 is 0 Å². The van der Waals surface area contributed by atoms with Gasteiger partial charge in [0.2, 0.25) is 0 Å². The summed E-state index contributed by atoms with van der Waals surface area (Å²) in [7, 11) is 0. The molecule has 0 saturated carbocycles. The topological polar surface area (TPSA) is 68.0 Å². The lowest BCUT2D eigenvalue weighted by Crippen LogP contribution is -2.22. The van der Waals surface area contributed by atoms with Gasteiger partial charge in [0.05, 0.1) is 10.9 Å². The van der Waals surface area contributed by atoms with Gasteiger partial charge >= 0.3 is 0 Å². The number of anilines is 1. The van der Waals surface area contributed by atoms with Crippen molar-refractivity contribution < 1.29 is 4.79 Å². The second-order valence-corrected chi connectivity index (χ2v) is 6.21. The van der Waals surface area contributed by atoms with Crippen LogP contribution in [0.3, 0.4) is 0 Å². The molecule has 0 radical (unpaired) electrons. The van der Waals surface area contributed by atoms with Crippen molar-refractivity contribution in [3.8, 4) is 0 Å². The van der Waals surface area contributed by atoms with Crippen molar-refractivity contribution in [2.24, 2.45) is 0 Å². The van der Waals surface area contributed by atoms with Gasteiger partial charge in [-0.05, 0) is 30.7 Å². The van der Waals surface area contributed by atoms with Gasteiger partial charge < -0.3 is 11.1 Å². The number of hydrogen-bond donors (Lipinski definition) is 2. The number of hydrogen-bond acceptors (Lipinski definition) is 4. The maximum atomic E-state index is 12.1. The highest BCUT2D eigenvalue weighted by atomic mass is 35.5. The van der Waals surface area contributed by atoms with E-state index in [0.717, 1.165) is 23.4 Å². The minimum Gasteiger partial charge on any atom is -0.384 e. The molecule has 3 N–H and O–H groups in total. The van der Waals surface area contributed by atoms with Crippen LogP contribution in [0.15, 0.2) is 24.3 Å². The van der Waals surface area contributed by atoms with E-state index >= 15 is 0 Å². The number of aromatic nitrogens is 1. The number of nitrogens with one attached hydrogen (secondary N) is 1. The lowest BCUT2D eigenvalue weighted by atomic mass is 10.1. The summed E-state index contributed by atoms with van der Waals surface area (Å²) in [5.41, 5.74) is 7.12. The van der Waals surface area contributed by atoms with E-state index in [2.05, 4.69) is 17.2 Å². The Kier molecular flexibility index (Phi) is 4.98. The van der Waals surface area contributed by atoms with Gasteiger partial charge in [0.25, 0.3) is 5.91 Å². The van der Waals surface area contributed by atoms with Gasteiger partial charge in [-0.2, -0.15) is 0 Å². The molecule has 0 aliphatic heterocycles. The Labute approximate surface area is 127 Å². The number of nitrogens with two attached hydrogens (primary N) is 1. The van der Waals surface area contributed by atoms with E-state index in [4.69, 9.17) is 17.3 Å². The predicted octanol–water partition coefficient (Wildman–Crippen LogP) is 3.26. The van der Waals surface area contributed by atoms with E-state index in [1.165, 1.54) is 11.3 Å². The lowest BCUT2D eigenvalue weighted by Gasteiger charge is -2.07. The van der Waals surface area contributed by atoms with Crippen molar-refractivity contribution in [1.82, 2.24) is 10.3 Å². The molecule has 0 aliphatic rings.